The molecule has 126 valence electrons. The normalized spacial score (nSPS) is 10.2. The second kappa shape index (κ2) is 8.82. The second-order valence-electron chi connectivity index (χ2n) is 5.36. The van der Waals surface area contributed by atoms with Crippen molar-refractivity contribution in [1.82, 2.24) is 4.90 Å². The smallest absolute Gasteiger partial charge is 0.307 e. The first-order chi connectivity index (χ1) is 11.6. The Morgan fingerprint density at radius 1 is 1.00 bits per heavy atom. The molecule has 1 amide bonds. The zero-order valence-electron chi connectivity index (χ0n) is 13.6. The number of hydrogen-bond donors (Lipinski definition) is 0. The van der Waals surface area contributed by atoms with Gasteiger partial charge in [0, 0.05) is 18.7 Å². The summed E-state index contributed by atoms with van der Waals surface area (Å²) in [6.45, 7) is 0.720. The van der Waals surface area contributed by atoms with E-state index >= 15 is 0 Å². The molecule has 2 aromatic rings. The van der Waals surface area contributed by atoms with Crippen molar-refractivity contribution in [3.63, 3.8) is 0 Å². The number of methoxy groups -OCH3 is 1. The lowest BCUT2D eigenvalue weighted by Crippen LogP contribution is -2.35. The predicted octanol–water partition coefficient (Wildman–Crippen LogP) is 3.07. The molecular weight excluding hydrogens is 309 g/mol. The monoisotopic (exact) mass is 329 g/mol. The number of halogens is 1. The fourth-order valence-corrected chi connectivity index (χ4v) is 2.32. The van der Waals surface area contributed by atoms with Crippen molar-refractivity contribution >= 4 is 11.9 Å². The first kappa shape index (κ1) is 17.7. The highest BCUT2D eigenvalue weighted by Crippen LogP contribution is 2.09. The van der Waals surface area contributed by atoms with Crippen LogP contribution in [-0.4, -0.2) is 37.0 Å². The highest BCUT2D eigenvalue weighted by molar-refractivity contribution is 5.94. The van der Waals surface area contributed by atoms with E-state index in [1.807, 2.05) is 6.07 Å². The third kappa shape index (κ3) is 5.19. The van der Waals surface area contributed by atoms with E-state index in [4.69, 9.17) is 0 Å². The first-order valence-electron chi connectivity index (χ1n) is 7.75. The zero-order valence-corrected chi connectivity index (χ0v) is 13.6. The van der Waals surface area contributed by atoms with Gasteiger partial charge >= 0.3 is 5.97 Å². The number of carbonyl (C=O) groups excluding carboxylic acids is 2. The van der Waals surface area contributed by atoms with Crippen LogP contribution >= 0.6 is 0 Å². The molecule has 0 bridgehead atoms. The van der Waals surface area contributed by atoms with Gasteiger partial charge in [-0.3, -0.25) is 9.59 Å². The fraction of sp³-hybridized carbons (Fsp3) is 0.263. The number of benzene rings is 2. The maximum absolute atomic E-state index is 13.0. The molecule has 4 nitrogen and oxygen atoms in total. The largest absolute Gasteiger partial charge is 0.469 e. The number of amides is 1. The topological polar surface area (TPSA) is 46.6 Å². The first-order valence-corrected chi connectivity index (χ1v) is 7.75. The molecule has 2 aromatic carbocycles. The lowest BCUT2D eigenvalue weighted by Gasteiger charge is -2.22. The SMILES string of the molecule is COC(=O)CCN(CCc1ccc(F)cc1)C(=O)c1ccccc1. The number of carbonyl (C=O) groups is 2. The van der Waals surface area contributed by atoms with Gasteiger partial charge in [-0.2, -0.15) is 0 Å². The Kier molecular flexibility index (Phi) is 6.49. The van der Waals surface area contributed by atoms with Crippen molar-refractivity contribution < 1.29 is 18.7 Å². The van der Waals surface area contributed by atoms with Crippen molar-refractivity contribution in [3.8, 4) is 0 Å². The van der Waals surface area contributed by atoms with E-state index in [0.717, 1.165) is 5.56 Å². The predicted molar refractivity (Wildman–Crippen MR) is 89.1 cm³/mol. The number of nitrogens with zero attached hydrogens (tertiary/aromatic N) is 1. The van der Waals surface area contributed by atoms with Crippen LogP contribution in [-0.2, 0) is 16.0 Å². The van der Waals surface area contributed by atoms with Gasteiger partial charge < -0.3 is 9.64 Å². The Labute approximate surface area is 140 Å². The van der Waals surface area contributed by atoms with Crippen LogP contribution in [0.25, 0.3) is 0 Å². The summed E-state index contributed by atoms with van der Waals surface area (Å²) in [5.74, 6) is -0.786. The van der Waals surface area contributed by atoms with E-state index in [1.54, 1.807) is 41.3 Å². The van der Waals surface area contributed by atoms with Gasteiger partial charge in [-0.15, -0.1) is 0 Å². The van der Waals surface area contributed by atoms with Crippen LogP contribution < -0.4 is 0 Å². The maximum atomic E-state index is 13.0. The maximum Gasteiger partial charge on any atom is 0.307 e. The standard InChI is InChI=1S/C19H20FNO3/c1-24-18(22)12-14-21(19(23)16-5-3-2-4-6-16)13-11-15-7-9-17(20)10-8-15/h2-10H,11-14H2,1H3. The van der Waals surface area contributed by atoms with Gasteiger partial charge in [-0.1, -0.05) is 30.3 Å². The molecule has 2 rings (SSSR count). The van der Waals surface area contributed by atoms with Gasteiger partial charge in [-0.05, 0) is 36.2 Å². The second-order valence-corrected chi connectivity index (χ2v) is 5.36. The Morgan fingerprint density at radius 2 is 1.67 bits per heavy atom. The third-order valence-electron chi connectivity index (χ3n) is 3.71. The average Bonchev–Trinajstić information content (AvgIpc) is 2.63. The summed E-state index contributed by atoms with van der Waals surface area (Å²) in [5, 5.41) is 0. The quantitative estimate of drug-likeness (QED) is 0.734. The van der Waals surface area contributed by atoms with Crippen LogP contribution in [0.15, 0.2) is 54.6 Å². The molecule has 0 aliphatic rings. The molecule has 0 spiro atoms. The van der Waals surface area contributed by atoms with Crippen molar-refractivity contribution in [2.45, 2.75) is 12.8 Å². The highest BCUT2D eigenvalue weighted by Gasteiger charge is 2.17. The van der Waals surface area contributed by atoms with E-state index in [1.165, 1.54) is 19.2 Å². The van der Waals surface area contributed by atoms with Gasteiger partial charge in [-0.25, -0.2) is 4.39 Å². The Bertz CT molecular complexity index is 671. The van der Waals surface area contributed by atoms with Gasteiger partial charge in [0.15, 0.2) is 0 Å². The number of rotatable bonds is 7. The van der Waals surface area contributed by atoms with Crippen molar-refractivity contribution in [3.05, 3.63) is 71.5 Å². The molecule has 0 aliphatic carbocycles. The average molecular weight is 329 g/mol. The summed E-state index contributed by atoms with van der Waals surface area (Å²) in [6.07, 6.45) is 0.721. The molecule has 0 unspecified atom stereocenters. The molecule has 0 N–H and O–H groups in total. The summed E-state index contributed by atoms with van der Waals surface area (Å²) >= 11 is 0. The Balaban J connectivity index is 2.05. The fourth-order valence-electron chi connectivity index (χ4n) is 2.32. The molecule has 0 aliphatic heterocycles. The lowest BCUT2D eigenvalue weighted by atomic mass is 10.1. The Hall–Kier alpha value is -2.69. The minimum absolute atomic E-state index is 0.137. The van der Waals surface area contributed by atoms with E-state index in [2.05, 4.69) is 4.74 Å². The number of esters is 1. The van der Waals surface area contributed by atoms with Gasteiger partial charge in [0.2, 0.25) is 0 Å². The summed E-state index contributed by atoms with van der Waals surface area (Å²) in [7, 11) is 1.32. The van der Waals surface area contributed by atoms with Crippen LogP contribution in [0.4, 0.5) is 4.39 Å². The van der Waals surface area contributed by atoms with E-state index in [-0.39, 0.29) is 30.7 Å². The lowest BCUT2D eigenvalue weighted by molar-refractivity contribution is -0.140. The van der Waals surface area contributed by atoms with Gasteiger partial charge in [0.05, 0.1) is 13.5 Å². The van der Waals surface area contributed by atoms with Crippen LogP contribution in [0.2, 0.25) is 0 Å². The molecular formula is C19H20FNO3. The molecule has 0 radical (unpaired) electrons. The van der Waals surface area contributed by atoms with E-state index in [0.29, 0.717) is 18.5 Å². The van der Waals surface area contributed by atoms with Crippen molar-refractivity contribution in [1.29, 1.82) is 0 Å². The zero-order chi connectivity index (χ0) is 17.4. The molecule has 0 fully saturated rings. The van der Waals surface area contributed by atoms with E-state index < -0.39 is 0 Å². The summed E-state index contributed by atoms with van der Waals surface area (Å²) in [4.78, 5) is 25.6. The number of ether oxygens (including phenoxy) is 1. The summed E-state index contributed by atoms with van der Waals surface area (Å²) < 4.78 is 17.6. The van der Waals surface area contributed by atoms with Crippen molar-refractivity contribution in [2.24, 2.45) is 0 Å². The molecule has 0 saturated carbocycles. The molecule has 0 saturated heterocycles. The molecule has 24 heavy (non-hydrogen) atoms. The van der Waals surface area contributed by atoms with Crippen LogP contribution in [0.1, 0.15) is 22.3 Å². The Morgan fingerprint density at radius 3 is 2.29 bits per heavy atom. The summed E-state index contributed by atoms with van der Waals surface area (Å²) in [6, 6.07) is 15.1. The van der Waals surface area contributed by atoms with Crippen LogP contribution in [0, 0.1) is 5.82 Å². The summed E-state index contributed by atoms with van der Waals surface area (Å²) in [5.41, 5.74) is 1.50. The van der Waals surface area contributed by atoms with Gasteiger partial charge in [0.25, 0.3) is 5.91 Å². The van der Waals surface area contributed by atoms with Crippen LogP contribution in [0.5, 0.6) is 0 Å². The van der Waals surface area contributed by atoms with Crippen molar-refractivity contribution in [2.75, 3.05) is 20.2 Å². The minimum atomic E-state index is -0.359. The minimum Gasteiger partial charge on any atom is -0.469 e. The molecule has 0 heterocycles. The molecule has 0 aromatic heterocycles. The highest BCUT2D eigenvalue weighted by atomic mass is 19.1. The van der Waals surface area contributed by atoms with Gasteiger partial charge in [0.1, 0.15) is 5.82 Å². The third-order valence-corrected chi connectivity index (χ3v) is 3.71. The molecule has 0 atom stereocenters. The molecule has 5 heteroatoms. The number of hydrogen-bond acceptors (Lipinski definition) is 3. The van der Waals surface area contributed by atoms with Crippen LogP contribution in [0.3, 0.4) is 0 Å². The van der Waals surface area contributed by atoms with E-state index in [9.17, 15) is 14.0 Å².